The van der Waals surface area contributed by atoms with Crippen LogP contribution in [0.1, 0.15) is 19.3 Å². The first kappa shape index (κ1) is 23.7. The zero-order valence-electron chi connectivity index (χ0n) is 20.8. The van der Waals surface area contributed by atoms with Crippen LogP contribution < -0.4 is 19.7 Å². The van der Waals surface area contributed by atoms with Crippen LogP contribution in [-0.4, -0.2) is 58.9 Å². The Morgan fingerprint density at radius 3 is 2.53 bits per heavy atom. The van der Waals surface area contributed by atoms with Crippen molar-refractivity contribution in [2.45, 2.75) is 25.3 Å². The number of aryl methyl sites for hydroxylation is 1. The first-order chi connectivity index (χ1) is 17.5. The fraction of sp³-hybridized carbons (Fsp3) is 0.333. The van der Waals surface area contributed by atoms with Gasteiger partial charge in [0.2, 0.25) is 0 Å². The summed E-state index contributed by atoms with van der Waals surface area (Å²) in [7, 11) is 5.17. The molecule has 0 spiro atoms. The quantitative estimate of drug-likeness (QED) is 0.381. The minimum atomic E-state index is -0.0591. The molecule has 1 atom stereocenters. The molecule has 9 nitrogen and oxygen atoms in total. The SMILES string of the molecule is COc1cc(OC)cc(N(CCCC2NCCC2=O)c2ccc3ncc(-c4cnn(C)c4)nc3c2)c1. The number of aromatic nitrogens is 4. The summed E-state index contributed by atoms with van der Waals surface area (Å²) < 4.78 is 12.8. The van der Waals surface area contributed by atoms with Crippen LogP contribution in [0.15, 0.2) is 55.0 Å². The number of ether oxygens (including phenoxy) is 2. The van der Waals surface area contributed by atoms with Crippen molar-refractivity contribution in [3.8, 4) is 22.8 Å². The van der Waals surface area contributed by atoms with Crippen LogP contribution >= 0.6 is 0 Å². The number of hydrogen-bond acceptors (Lipinski definition) is 8. The summed E-state index contributed by atoms with van der Waals surface area (Å²) >= 11 is 0. The van der Waals surface area contributed by atoms with Crippen LogP contribution in [0, 0.1) is 0 Å². The van der Waals surface area contributed by atoms with Crippen LogP contribution in [0.2, 0.25) is 0 Å². The molecule has 9 heteroatoms. The lowest BCUT2D eigenvalue weighted by molar-refractivity contribution is -0.118. The largest absolute Gasteiger partial charge is 0.497 e. The van der Waals surface area contributed by atoms with Gasteiger partial charge in [0.15, 0.2) is 5.78 Å². The van der Waals surface area contributed by atoms with Crippen LogP contribution in [0.3, 0.4) is 0 Å². The third-order valence-corrected chi connectivity index (χ3v) is 6.51. The Morgan fingerprint density at radius 2 is 1.86 bits per heavy atom. The minimum Gasteiger partial charge on any atom is -0.497 e. The summed E-state index contributed by atoms with van der Waals surface area (Å²) in [5.74, 6) is 1.72. The second kappa shape index (κ2) is 10.3. The van der Waals surface area contributed by atoms with Crippen molar-refractivity contribution >= 4 is 28.2 Å². The molecule has 2 aromatic carbocycles. The maximum absolute atomic E-state index is 12.1. The van der Waals surface area contributed by atoms with Crippen molar-refractivity contribution in [3.63, 3.8) is 0 Å². The van der Waals surface area contributed by atoms with E-state index in [2.05, 4.69) is 20.3 Å². The summed E-state index contributed by atoms with van der Waals surface area (Å²) in [6.07, 6.45) is 7.72. The fourth-order valence-electron chi connectivity index (χ4n) is 4.59. The Labute approximate surface area is 210 Å². The molecular formula is C27H30N6O3. The average Bonchev–Trinajstić information content (AvgIpc) is 3.53. The lowest BCUT2D eigenvalue weighted by atomic mass is 10.1. The highest BCUT2D eigenvalue weighted by Crippen LogP contribution is 2.34. The Balaban J connectivity index is 1.50. The number of benzene rings is 2. The maximum Gasteiger partial charge on any atom is 0.151 e. The van der Waals surface area contributed by atoms with E-state index in [0.717, 1.165) is 53.1 Å². The topological polar surface area (TPSA) is 94.4 Å². The van der Waals surface area contributed by atoms with E-state index in [1.165, 1.54) is 0 Å². The molecule has 2 aromatic heterocycles. The lowest BCUT2D eigenvalue weighted by Crippen LogP contribution is -2.28. The number of rotatable bonds is 9. The normalized spacial score (nSPS) is 15.4. The summed E-state index contributed by atoms with van der Waals surface area (Å²) in [5, 5.41) is 7.56. The standard InChI is InChI=1S/C27H30N6O3/c1-32-17-18(15-30-32)26-16-29-23-7-6-19(13-25(23)31-26)33(10-4-5-24-27(34)8-9-28-24)20-11-21(35-2)14-22(12-20)36-3/h6-7,11-17,24,28H,4-5,8-10H2,1-3H3. The van der Waals surface area contributed by atoms with Crippen molar-refractivity contribution in [1.29, 1.82) is 0 Å². The molecule has 1 unspecified atom stereocenters. The van der Waals surface area contributed by atoms with E-state index in [1.54, 1.807) is 31.3 Å². The summed E-state index contributed by atoms with van der Waals surface area (Å²) in [5.41, 5.74) is 5.21. The molecular weight excluding hydrogens is 456 g/mol. The summed E-state index contributed by atoms with van der Waals surface area (Å²) in [6.45, 7) is 1.48. The number of Topliss-reactive ketones (excluding diaryl/α,β-unsaturated/α-hetero) is 1. The molecule has 1 aliphatic rings. The predicted octanol–water partition coefficient (Wildman–Crippen LogP) is 3.90. The molecule has 4 aromatic rings. The van der Waals surface area contributed by atoms with Crippen LogP contribution in [0.4, 0.5) is 11.4 Å². The van der Waals surface area contributed by atoms with E-state index in [0.29, 0.717) is 30.2 Å². The third kappa shape index (κ3) is 5.01. The van der Waals surface area contributed by atoms with E-state index in [9.17, 15) is 4.79 Å². The van der Waals surface area contributed by atoms with Gasteiger partial charge in [0.25, 0.3) is 0 Å². The van der Waals surface area contributed by atoms with Crippen LogP contribution in [0.5, 0.6) is 11.5 Å². The average molecular weight is 487 g/mol. The second-order valence-corrected chi connectivity index (χ2v) is 8.92. The molecule has 36 heavy (non-hydrogen) atoms. The number of nitrogens with one attached hydrogen (secondary N) is 1. The number of fused-ring (bicyclic) bond motifs is 1. The third-order valence-electron chi connectivity index (χ3n) is 6.51. The monoisotopic (exact) mass is 486 g/mol. The molecule has 0 radical (unpaired) electrons. The number of nitrogens with zero attached hydrogens (tertiary/aromatic N) is 5. The molecule has 0 saturated carbocycles. The van der Waals surface area contributed by atoms with Crippen molar-refractivity contribution < 1.29 is 14.3 Å². The highest BCUT2D eigenvalue weighted by atomic mass is 16.5. The smallest absolute Gasteiger partial charge is 0.151 e. The number of hydrogen-bond donors (Lipinski definition) is 1. The molecule has 0 bridgehead atoms. The van der Waals surface area contributed by atoms with Crippen LogP contribution in [0.25, 0.3) is 22.3 Å². The number of anilines is 2. The van der Waals surface area contributed by atoms with Gasteiger partial charge in [-0.3, -0.25) is 14.5 Å². The minimum absolute atomic E-state index is 0.0591. The molecule has 0 aliphatic carbocycles. The Morgan fingerprint density at radius 1 is 1.06 bits per heavy atom. The number of ketones is 1. The molecule has 1 fully saturated rings. The van der Waals surface area contributed by atoms with Gasteiger partial charge in [-0.2, -0.15) is 5.10 Å². The molecule has 3 heterocycles. The van der Waals surface area contributed by atoms with Gasteiger partial charge in [-0.15, -0.1) is 0 Å². The van der Waals surface area contributed by atoms with Gasteiger partial charge in [0.05, 0.1) is 49.4 Å². The fourth-order valence-corrected chi connectivity index (χ4v) is 4.59. The van der Waals surface area contributed by atoms with Gasteiger partial charge >= 0.3 is 0 Å². The first-order valence-electron chi connectivity index (χ1n) is 12.1. The summed E-state index contributed by atoms with van der Waals surface area (Å²) in [6, 6.07) is 11.9. The highest BCUT2D eigenvalue weighted by Gasteiger charge is 2.23. The van der Waals surface area contributed by atoms with Gasteiger partial charge in [0.1, 0.15) is 11.5 Å². The van der Waals surface area contributed by atoms with Gasteiger partial charge in [-0.05, 0) is 31.0 Å². The Bertz CT molecular complexity index is 1360. The predicted molar refractivity (Wildman–Crippen MR) is 139 cm³/mol. The Kier molecular flexibility index (Phi) is 6.81. The Hall–Kier alpha value is -3.98. The van der Waals surface area contributed by atoms with Gasteiger partial charge < -0.3 is 19.7 Å². The van der Waals surface area contributed by atoms with E-state index in [1.807, 2.05) is 49.6 Å². The van der Waals surface area contributed by atoms with E-state index in [-0.39, 0.29) is 6.04 Å². The zero-order chi connectivity index (χ0) is 25.1. The van der Waals surface area contributed by atoms with Crippen molar-refractivity contribution in [2.75, 3.05) is 32.2 Å². The molecule has 1 saturated heterocycles. The number of carbonyl (C=O) groups excluding carboxylic acids is 1. The molecule has 1 N–H and O–H groups in total. The van der Waals surface area contributed by atoms with Gasteiger partial charge in [-0.25, -0.2) is 4.98 Å². The van der Waals surface area contributed by atoms with Crippen LogP contribution in [-0.2, 0) is 11.8 Å². The van der Waals surface area contributed by atoms with E-state index in [4.69, 9.17) is 14.5 Å². The van der Waals surface area contributed by atoms with Gasteiger partial charge in [0, 0.05) is 67.9 Å². The molecule has 186 valence electrons. The van der Waals surface area contributed by atoms with E-state index < -0.39 is 0 Å². The first-order valence-corrected chi connectivity index (χ1v) is 12.1. The molecule has 1 aliphatic heterocycles. The summed E-state index contributed by atoms with van der Waals surface area (Å²) in [4.78, 5) is 23.8. The molecule has 0 amide bonds. The van der Waals surface area contributed by atoms with E-state index >= 15 is 0 Å². The zero-order valence-corrected chi connectivity index (χ0v) is 20.8. The van der Waals surface area contributed by atoms with Crippen molar-refractivity contribution in [2.24, 2.45) is 7.05 Å². The van der Waals surface area contributed by atoms with Crippen molar-refractivity contribution in [3.05, 3.63) is 55.0 Å². The number of methoxy groups -OCH3 is 2. The highest BCUT2D eigenvalue weighted by molar-refractivity contribution is 5.86. The second-order valence-electron chi connectivity index (χ2n) is 8.92. The van der Waals surface area contributed by atoms with Crippen molar-refractivity contribution in [1.82, 2.24) is 25.1 Å². The van der Waals surface area contributed by atoms with Gasteiger partial charge in [-0.1, -0.05) is 0 Å². The molecule has 5 rings (SSSR count). The number of carbonyl (C=O) groups is 1. The maximum atomic E-state index is 12.1. The lowest BCUT2D eigenvalue weighted by Gasteiger charge is -2.26.